The van der Waals surface area contributed by atoms with E-state index in [9.17, 15) is 0 Å². The predicted octanol–water partition coefficient (Wildman–Crippen LogP) is -1.28. The predicted molar refractivity (Wildman–Crippen MR) is 41.2 cm³/mol. The van der Waals surface area contributed by atoms with E-state index in [0.29, 0.717) is 0 Å². The molecule has 0 bridgehead atoms. The van der Waals surface area contributed by atoms with Gasteiger partial charge in [0.2, 0.25) is 0 Å². The van der Waals surface area contributed by atoms with Gasteiger partial charge >= 0.3 is 7.12 Å². The summed E-state index contributed by atoms with van der Waals surface area (Å²) in [4.78, 5) is 6.95. The summed E-state index contributed by atoms with van der Waals surface area (Å²) < 4.78 is 36.0. The van der Waals surface area contributed by atoms with E-state index in [0.717, 1.165) is 12.5 Å². The maximum absolute atomic E-state index is 8.96. The Morgan fingerprint density at radius 3 is 3.27 bits per heavy atom. The first-order valence-corrected chi connectivity index (χ1v) is 2.84. The van der Waals surface area contributed by atoms with Gasteiger partial charge in [-0.15, -0.1) is 0 Å². The van der Waals surface area contributed by atoms with Crippen LogP contribution in [0.2, 0.25) is 0 Å². The molecule has 0 fully saturated rings. The molecule has 0 saturated heterocycles. The summed E-state index contributed by atoms with van der Waals surface area (Å²) in [6, 6.07) is 0. The van der Waals surface area contributed by atoms with E-state index < -0.39 is 26.0 Å². The van der Waals surface area contributed by atoms with E-state index in [1.165, 1.54) is 0 Å². The normalized spacial score (nSPS) is 18.9. The fourth-order valence-electron chi connectivity index (χ4n) is 0.634. The summed E-state index contributed by atoms with van der Waals surface area (Å²) in [5.74, 6) is 0. The van der Waals surface area contributed by atoms with Crippen LogP contribution >= 0.6 is 0 Å². The van der Waals surface area contributed by atoms with Crippen LogP contribution in [0, 0.1) is 0 Å². The maximum atomic E-state index is 8.96. The van der Waals surface area contributed by atoms with Crippen LogP contribution in [-0.2, 0) is 6.37 Å². The van der Waals surface area contributed by atoms with Crippen molar-refractivity contribution in [3.63, 3.8) is 0 Å². The monoisotopic (exact) mass is 157 g/mol. The Morgan fingerprint density at radius 1 is 1.82 bits per heavy atom. The van der Waals surface area contributed by atoms with E-state index in [1.807, 2.05) is 0 Å². The largest absolute Gasteiger partial charge is 0.491 e. The molecule has 4 nitrogen and oxygen atoms in total. The van der Waals surface area contributed by atoms with E-state index in [-0.39, 0.29) is 5.46 Å². The summed E-state index contributed by atoms with van der Waals surface area (Å²) in [6.07, 6.45) is -0.851. The minimum absolute atomic E-state index is 0.358. The van der Waals surface area contributed by atoms with Gasteiger partial charge in [-0.3, -0.25) is 0 Å². The average Bonchev–Trinajstić information content (AvgIpc) is 2.16. The summed E-state index contributed by atoms with van der Waals surface area (Å²) in [5, 5.41) is 17.9. The summed E-state index contributed by atoms with van der Waals surface area (Å²) >= 11 is 0. The van der Waals surface area contributed by atoms with Crippen molar-refractivity contribution in [3.05, 3.63) is 18.2 Å². The van der Waals surface area contributed by atoms with Gasteiger partial charge in [0.05, 0.1) is 0 Å². The number of rotatable bonds is 2. The molecule has 58 valence electrons. The molecule has 0 aliphatic heterocycles. The van der Waals surface area contributed by atoms with Gasteiger partial charge in [-0.25, -0.2) is 9.97 Å². The van der Waals surface area contributed by atoms with Gasteiger partial charge < -0.3 is 10.0 Å². The number of hydrogen-bond donors (Lipinski definition) is 2. The number of aryl methyl sites for hydroxylation is 1. The summed E-state index contributed by atoms with van der Waals surface area (Å²) in [5.41, 5.74) is -0.902. The van der Waals surface area contributed by atoms with Gasteiger partial charge in [-0.05, 0) is 6.37 Å². The molecule has 0 aliphatic carbocycles. The zero-order chi connectivity index (χ0) is 12.6. The summed E-state index contributed by atoms with van der Waals surface area (Å²) in [7, 11) is -2.02. The molecule has 11 heavy (non-hydrogen) atoms. The molecule has 5 heteroatoms. The highest BCUT2D eigenvalue weighted by Crippen LogP contribution is 1.89. The van der Waals surface area contributed by atoms with Gasteiger partial charge in [-0.2, -0.15) is 0 Å². The highest BCUT2D eigenvalue weighted by atomic mass is 16.4. The van der Waals surface area contributed by atoms with E-state index in [1.54, 1.807) is 0 Å². The molecule has 0 aliphatic rings. The Kier molecular flexibility index (Phi) is 1.14. The Balaban J connectivity index is 3.33. The van der Waals surface area contributed by atoms with Crippen molar-refractivity contribution in [2.75, 3.05) is 0 Å². The molecule has 0 saturated carbocycles. The lowest BCUT2D eigenvalue weighted by Gasteiger charge is -2.02. The lowest BCUT2D eigenvalue weighted by atomic mass is 9.79. The van der Waals surface area contributed by atoms with E-state index >= 15 is 0 Å². The Morgan fingerprint density at radius 2 is 2.64 bits per heavy atom. The van der Waals surface area contributed by atoms with Crippen molar-refractivity contribution in [1.82, 2.24) is 9.97 Å². The third-order valence-corrected chi connectivity index (χ3v) is 1.14. The van der Waals surface area contributed by atoms with Crippen LogP contribution in [0.25, 0.3) is 0 Å². The Labute approximate surface area is 72.1 Å². The molecule has 0 aromatic carbocycles. The topological polar surface area (TPSA) is 66.2 Å². The highest BCUT2D eigenvalue weighted by molar-refractivity contribution is 6.58. The molecule has 0 amide bonds. The molecular weight excluding hydrogens is 143 g/mol. The fourth-order valence-corrected chi connectivity index (χ4v) is 0.634. The molecule has 0 atom stereocenters. The second kappa shape index (κ2) is 3.45. The number of aromatic nitrogens is 2. The quantitative estimate of drug-likeness (QED) is 0.524. The van der Waals surface area contributed by atoms with Crippen LogP contribution in [0.3, 0.4) is 0 Å². The molecule has 1 rings (SSSR count). The summed E-state index contributed by atoms with van der Waals surface area (Å²) in [6.45, 7) is -2.95. The second-order valence-electron chi connectivity index (χ2n) is 1.83. The van der Waals surface area contributed by atoms with Crippen LogP contribution in [0.15, 0.2) is 12.5 Å². The second-order valence-corrected chi connectivity index (χ2v) is 1.83. The lowest BCUT2D eigenvalue weighted by molar-refractivity contribution is 0.425. The van der Waals surface area contributed by atoms with Gasteiger partial charge in [0.1, 0.15) is 6.33 Å². The SMILES string of the molecule is [2H]C([2H])([2H])C([2H])([2H])c1ncncc1B(O)O. The minimum Gasteiger partial charge on any atom is -0.423 e. The van der Waals surface area contributed by atoms with E-state index in [2.05, 4.69) is 9.97 Å². The Bertz CT molecular complexity index is 383. The van der Waals surface area contributed by atoms with Gasteiger partial charge in [0.15, 0.2) is 0 Å². The van der Waals surface area contributed by atoms with Crippen molar-refractivity contribution in [2.24, 2.45) is 0 Å². The van der Waals surface area contributed by atoms with Crippen LogP contribution in [-0.4, -0.2) is 27.1 Å². The minimum atomic E-state index is -2.95. The average molecular weight is 157 g/mol. The lowest BCUT2D eigenvalue weighted by Crippen LogP contribution is -2.34. The Hall–Kier alpha value is -0.935. The van der Waals surface area contributed by atoms with Crippen LogP contribution in [0.4, 0.5) is 0 Å². The molecule has 0 spiro atoms. The van der Waals surface area contributed by atoms with E-state index in [4.69, 9.17) is 16.9 Å². The number of nitrogens with zero attached hydrogens (tertiary/aromatic N) is 2. The zero-order valence-corrected chi connectivity index (χ0v) is 5.52. The third kappa shape index (κ3) is 1.75. The van der Waals surface area contributed by atoms with Crippen molar-refractivity contribution in [2.45, 2.75) is 13.2 Å². The smallest absolute Gasteiger partial charge is 0.423 e. The molecule has 0 unspecified atom stereocenters. The first-order chi connectivity index (χ1) is 7.18. The fraction of sp³-hybridized carbons (Fsp3) is 0.333. The van der Waals surface area contributed by atoms with Crippen LogP contribution in [0.1, 0.15) is 19.4 Å². The van der Waals surface area contributed by atoms with Crippen molar-refractivity contribution >= 4 is 12.6 Å². The molecule has 2 N–H and O–H groups in total. The van der Waals surface area contributed by atoms with Crippen LogP contribution < -0.4 is 5.46 Å². The van der Waals surface area contributed by atoms with Crippen molar-refractivity contribution < 1.29 is 16.9 Å². The third-order valence-electron chi connectivity index (χ3n) is 1.14. The van der Waals surface area contributed by atoms with Crippen molar-refractivity contribution in [1.29, 1.82) is 0 Å². The van der Waals surface area contributed by atoms with Gasteiger partial charge in [-0.1, -0.05) is 6.85 Å². The van der Waals surface area contributed by atoms with Crippen LogP contribution in [0.5, 0.6) is 0 Å². The molecular formula is C6H9BN2O2. The first kappa shape index (κ1) is 3.64. The number of hydrogen-bond acceptors (Lipinski definition) is 4. The van der Waals surface area contributed by atoms with Gasteiger partial charge in [0, 0.05) is 24.2 Å². The molecule has 1 heterocycles. The molecule has 1 aromatic heterocycles. The first-order valence-electron chi connectivity index (χ1n) is 5.34. The maximum Gasteiger partial charge on any atom is 0.491 e. The zero-order valence-electron chi connectivity index (χ0n) is 10.5. The molecule has 1 aromatic rings. The highest BCUT2D eigenvalue weighted by Gasteiger charge is 2.15. The van der Waals surface area contributed by atoms with Gasteiger partial charge in [0.25, 0.3) is 0 Å². The standard InChI is InChI=1S/C6H9BN2O2/c1-2-6-5(7(10)11)3-8-4-9-6/h3-4,10-11H,2H2,1H3/i1D3,2D2. The van der Waals surface area contributed by atoms with Crippen molar-refractivity contribution in [3.8, 4) is 0 Å². The molecule has 0 radical (unpaired) electrons.